The monoisotopic (exact) mass is 299 g/mol. The molecule has 0 aliphatic carbocycles. The molecule has 0 bridgehead atoms. The molecule has 8 heteroatoms. The smallest absolute Gasteiger partial charge is 0.339 e. The second-order valence-corrected chi connectivity index (χ2v) is 4.36. The Morgan fingerprint density at radius 2 is 2.05 bits per heavy atom. The van der Waals surface area contributed by atoms with Gasteiger partial charge < -0.3 is 21.5 Å². The molecule has 1 rings (SSSR count). The molecular weight excluding hydrogens is 286 g/mol. The fourth-order valence-electron chi connectivity index (χ4n) is 1.41. The number of halogens is 1. The van der Waals surface area contributed by atoms with E-state index in [1.165, 1.54) is 25.3 Å². The van der Waals surface area contributed by atoms with Gasteiger partial charge in [-0.25, -0.2) is 4.79 Å². The largest absolute Gasteiger partial charge is 0.465 e. The van der Waals surface area contributed by atoms with Crippen molar-refractivity contribution in [3.8, 4) is 0 Å². The minimum atomic E-state index is -1.07. The number of rotatable bonds is 5. The van der Waals surface area contributed by atoms with Gasteiger partial charge >= 0.3 is 5.97 Å². The topological polar surface area (TPSA) is 125 Å². The fourth-order valence-corrected chi connectivity index (χ4v) is 1.61. The lowest BCUT2D eigenvalue weighted by atomic mass is 10.1. The standard InChI is InChI=1S/C12H14ClN3O4/c1-20-12(19)7-4-6(2-3-8(7)13)16-11(18)9(14)5-10(15)17/h2-4,9H,5,14H2,1H3,(H2,15,17)(H,16,18). The molecule has 0 heterocycles. The maximum atomic E-state index is 11.7. The fraction of sp³-hybridized carbons (Fsp3) is 0.250. The van der Waals surface area contributed by atoms with Gasteiger partial charge in [0.25, 0.3) is 0 Å². The lowest BCUT2D eigenvalue weighted by Gasteiger charge is -2.11. The molecule has 0 aliphatic rings. The van der Waals surface area contributed by atoms with E-state index in [2.05, 4.69) is 10.1 Å². The van der Waals surface area contributed by atoms with E-state index in [1.54, 1.807) is 0 Å². The van der Waals surface area contributed by atoms with Crippen molar-refractivity contribution in [3.63, 3.8) is 0 Å². The zero-order valence-corrected chi connectivity index (χ0v) is 11.4. The summed E-state index contributed by atoms with van der Waals surface area (Å²) in [7, 11) is 1.21. The van der Waals surface area contributed by atoms with Crippen molar-refractivity contribution < 1.29 is 19.1 Å². The van der Waals surface area contributed by atoms with Crippen LogP contribution in [0.4, 0.5) is 5.69 Å². The third kappa shape index (κ3) is 4.22. The summed E-state index contributed by atoms with van der Waals surface area (Å²) < 4.78 is 4.56. The van der Waals surface area contributed by atoms with Crippen LogP contribution in [0.1, 0.15) is 16.8 Å². The predicted molar refractivity (Wildman–Crippen MR) is 73.2 cm³/mol. The van der Waals surface area contributed by atoms with Crippen LogP contribution in [0, 0.1) is 0 Å². The quantitative estimate of drug-likeness (QED) is 0.673. The predicted octanol–water partition coefficient (Wildman–Crippen LogP) is 0.268. The summed E-state index contributed by atoms with van der Waals surface area (Å²) in [5.41, 5.74) is 10.9. The molecule has 0 fully saturated rings. The van der Waals surface area contributed by atoms with Gasteiger partial charge in [-0.2, -0.15) is 0 Å². The van der Waals surface area contributed by atoms with Crippen molar-refractivity contribution in [2.75, 3.05) is 12.4 Å². The molecule has 7 nitrogen and oxygen atoms in total. The van der Waals surface area contributed by atoms with Crippen molar-refractivity contribution in [2.24, 2.45) is 11.5 Å². The van der Waals surface area contributed by atoms with Gasteiger partial charge in [-0.1, -0.05) is 11.6 Å². The molecule has 0 spiro atoms. The molecule has 5 N–H and O–H groups in total. The Bertz CT molecular complexity index is 548. The molecule has 0 aliphatic heterocycles. The molecule has 1 unspecified atom stereocenters. The number of primary amides is 1. The zero-order valence-electron chi connectivity index (χ0n) is 10.7. The van der Waals surface area contributed by atoms with Crippen molar-refractivity contribution in [1.82, 2.24) is 0 Å². The van der Waals surface area contributed by atoms with Gasteiger partial charge in [0.15, 0.2) is 0 Å². The number of nitrogens with two attached hydrogens (primary N) is 2. The molecule has 0 aromatic heterocycles. The van der Waals surface area contributed by atoms with Crippen LogP contribution in [-0.4, -0.2) is 30.9 Å². The minimum Gasteiger partial charge on any atom is -0.465 e. The Balaban J connectivity index is 2.85. The molecular formula is C12H14ClN3O4. The molecule has 108 valence electrons. The van der Waals surface area contributed by atoms with E-state index in [9.17, 15) is 14.4 Å². The first-order valence-corrected chi connectivity index (χ1v) is 5.95. The highest BCUT2D eigenvalue weighted by atomic mass is 35.5. The number of hydrogen-bond donors (Lipinski definition) is 3. The van der Waals surface area contributed by atoms with E-state index in [4.69, 9.17) is 23.1 Å². The Labute approximate surface area is 120 Å². The summed E-state index contributed by atoms with van der Waals surface area (Å²) in [5.74, 6) is -1.91. The summed E-state index contributed by atoms with van der Waals surface area (Å²) in [6, 6.07) is 3.21. The maximum absolute atomic E-state index is 11.7. The van der Waals surface area contributed by atoms with Crippen LogP contribution in [-0.2, 0) is 14.3 Å². The van der Waals surface area contributed by atoms with Crippen LogP contribution in [0.2, 0.25) is 5.02 Å². The van der Waals surface area contributed by atoms with Gasteiger partial charge in [-0.3, -0.25) is 9.59 Å². The number of carbonyl (C=O) groups excluding carboxylic acids is 3. The van der Waals surface area contributed by atoms with E-state index in [-0.39, 0.29) is 17.0 Å². The van der Waals surface area contributed by atoms with Gasteiger partial charge in [0, 0.05) is 5.69 Å². The summed E-state index contributed by atoms with van der Waals surface area (Å²) in [5, 5.41) is 2.65. The summed E-state index contributed by atoms with van der Waals surface area (Å²) in [4.78, 5) is 33.8. The average Bonchev–Trinajstić information content (AvgIpc) is 2.39. The number of hydrogen-bond acceptors (Lipinski definition) is 5. The van der Waals surface area contributed by atoms with Crippen LogP contribution in [0.5, 0.6) is 0 Å². The van der Waals surface area contributed by atoms with Gasteiger partial charge in [0.2, 0.25) is 11.8 Å². The van der Waals surface area contributed by atoms with Crippen molar-refractivity contribution in [3.05, 3.63) is 28.8 Å². The number of amides is 2. The molecule has 0 radical (unpaired) electrons. The van der Waals surface area contributed by atoms with Gasteiger partial charge in [-0.05, 0) is 18.2 Å². The van der Waals surface area contributed by atoms with Crippen molar-refractivity contribution >= 4 is 35.1 Å². The van der Waals surface area contributed by atoms with Crippen LogP contribution in [0.25, 0.3) is 0 Å². The number of carbonyl (C=O) groups is 3. The number of benzene rings is 1. The highest BCUT2D eigenvalue weighted by Gasteiger charge is 2.17. The van der Waals surface area contributed by atoms with Crippen molar-refractivity contribution in [2.45, 2.75) is 12.5 Å². The SMILES string of the molecule is COC(=O)c1cc(NC(=O)C(N)CC(N)=O)ccc1Cl. The van der Waals surface area contributed by atoms with Crippen LogP contribution >= 0.6 is 11.6 Å². The molecule has 1 aromatic carbocycles. The van der Waals surface area contributed by atoms with E-state index >= 15 is 0 Å². The van der Waals surface area contributed by atoms with E-state index in [1.807, 2.05) is 0 Å². The third-order valence-corrected chi connectivity index (χ3v) is 2.73. The van der Waals surface area contributed by atoms with Gasteiger partial charge in [-0.15, -0.1) is 0 Å². The van der Waals surface area contributed by atoms with E-state index in [0.717, 1.165) is 0 Å². The van der Waals surface area contributed by atoms with Crippen LogP contribution < -0.4 is 16.8 Å². The highest BCUT2D eigenvalue weighted by Crippen LogP contribution is 2.21. The number of methoxy groups -OCH3 is 1. The Hall–Kier alpha value is -2.12. The average molecular weight is 300 g/mol. The van der Waals surface area contributed by atoms with E-state index in [0.29, 0.717) is 5.69 Å². The normalized spacial score (nSPS) is 11.6. The van der Waals surface area contributed by atoms with Crippen LogP contribution in [0.3, 0.4) is 0 Å². The Morgan fingerprint density at radius 1 is 1.40 bits per heavy atom. The molecule has 1 aromatic rings. The van der Waals surface area contributed by atoms with Crippen LogP contribution in [0.15, 0.2) is 18.2 Å². The summed E-state index contributed by atoms with van der Waals surface area (Å²) in [6.45, 7) is 0. The first-order chi connectivity index (χ1) is 9.35. The number of anilines is 1. The molecule has 2 amide bonds. The summed E-state index contributed by atoms with van der Waals surface area (Å²) >= 11 is 5.84. The van der Waals surface area contributed by atoms with E-state index < -0.39 is 23.8 Å². The number of esters is 1. The number of nitrogens with one attached hydrogen (secondary N) is 1. The second kappa shape index (κ2) is 6.88. The maximum Gasteiger partial charge on any atom is 0.339 e. The first-order valence-electron chi connectivity index (χ1n) is 5.57. The first kappa shape index (κ1) is 15.9. The summed E-state index contributed by atoms with van der Waals surface area (Å²) in [6.07, 6.45) is -0.275. The molecule has 0 saturated carbocycles. The molecule has 0 saturated heterocycles. The molecule has 20 heavy (non-hydrogen) atoms. The highest BCUT2D eigenvalue weighted by molar-refractivity contribution is 6.33. The lowest BCUT2D eigenvalue weighted by Crippen LogP contribution is -2.39. The third-order valence-electron chi connectivity index (χ3n) is 2.40. The Morgan fingerprint density at radius 3 is 2.60 bits per heavy atom. The number of ether oxygens (including phenoxy) is 1. The van der Waals surface area contributed by atoms with Gasteiger partial charge in [0.05, 0.1) is 30.2 Å². The van der Waals surface area contributed by atoms with Crippen molar-refractivity contribution in [1.29, 1.82) is 0 Å². The lowest BCUT2D eigenvalue weighted by molar-refractivity contribution is -0.123. The van der Waals surface area contributed by atoms with Gasteiger partial charge in [0.1, 0.15) is 0 Å². The molecule has 1 atom stereocenters. The minimum absolute atomic E-state index is 0.107. The zero-order chi connectivity index (χ0) is 15.3. The second-order valence-electron chi connectivity index (χ2n) is 3.95. The Kier molecular flexibility index (Phi) is 5.48.